The number of hydrogen-bond donors (Lipinski definition) is 1. The number of rotatable bonds is 3. The minimum atomic E-state index is -1.23. The number of carbonyl (C=O) groups excluding carboxylic acids is 1. The number of Topliss-reactive ketones (excluding diaryl/α,β-unsaturated/α-hetero) is 1. The van der Waals surface area contributed by atoms with Crippen molar-refractivity contribution < 1.29 is 28.5 Å². The van der Waals surface area contributed by atoms with E-state index in [-0.39, 0.29) is 11.3 Å². The molecule has 35 heavy (non-hydrogen) atoms. The largest absolute Gasteiger partial charge is 0.493 e. The molecule has 5 rings (SSSR count). The lowest BCUT2D eigenvalue weighted by Crippen LogP contribution is -2.69. The van der Waals surface area contributed by atoms with Crippen molar-refractivity contribution in [3.05, 3.63) is 45.8 Å². The summed E-state index contributed by atoms with van der Waals surface area (Å²) in [6.45, 7) is 7.78. The van der Waals surface area contributed by atoms with Crippen LogP contribution >= 0.6 is 0 Å². The fourth-order valence-corrected chi connectivity index (χ4v) is 6.45. The van der Waals surface area contributed by atoms with Crippen LogP contribution in [0.5, 0.6) is 17.2 Å². The molecule has 0 amide bonds. The zero-order chi connectivity index (χ0) is 25.4. The molecule has 7 nitrogen and oxygen atoms in total. The third kappa shape index (κ3) is 3.07. The van der Waals surface area contributed by atoms with Crippen molar-refractivity contribution in [3.63, 3.8) is 0 Å². The third-order valence-electron chi connectivity index (χ3n) is 8.80. The van der Waals surface area contributed by atoms with Crippen molar-refractivity contribution in [1.29, 1.82) is 0 Å². The van der Waals surface area contributed by atoms with Gasteiger partial charge in [0.25, 0.3) is 0 Å². The zero-order valence-electron chi connectivity index (χ0n) is 21.1. The van der Waals surface area contributed by atoms with Crippen LogP contribution in [0.3, 0.4) is 0 Å². The van der Waals surface area contributed by atoms with E-state index in [0.29, 0.717) is 59.8 Å². The number of benzene rings is 1. The maximum Gasteiger partial charge on any atom is 0.347 e. The van der Waals surface area contributed by atoms with Crippen LogP contribution in [0.25, 0.3) is 17.4 Å². The van der Waals surface area contributed by atoms with Crippen molar-refractivity contribution in [2.24, 2.45) is 10.8 Å². The normalized spacial score (nSPS) is 30.8. The van der Waals surface area contributed by atoms with Crippen LogP contribution in [0.4, 0.5) is 0 Å². The minimum Gasteiger partial charge on any atom is -0.493 e. The molecule has 3 atom stereocenters. The van der Waals surface area contributed by atoms with E-state index in [2.05, 4.69) is 0 Å². The van der Waals surface area contributed by atoms with E-state index in [1.807, 2.05) is 27.7 Å². The summed E-state index contributed by atoms with van der Waals surface area (Å²) in [6.07, 6.45) is 3.67. The van der Waals surface area contributed by atoms with Crippen molar-refractivity contribution in [3.8, 4) is 28.6 Å². The Morgan fingerprint density at radius 3 is 2.34 bits per heavy atom. The van der Waals surface area contributed by atoms with Gasteiger partial charge in [0.15, 0.2) is 11.5 Å². The molecule has 2 aliphatic carbocycles. The lowest BCUT2D eigenvalue weighted by molar-refractivity contribution is -0.201. The van der Waals surface area contributed by atoms with Crippen molar-refractivity contribution >= 4 is 11.9 Å². The number of ketones is 1. The number of carbonyl (C=O) groups is 1. The van der Waals surface area contributed by atoms with E-state index in [9.17, 15) is 14.7 Å². The summed E-state index contributed by atoms with van der Waals surface area (Å²) in [5, 5.41) is 12.0. The molecule has 2 heterocycles. The van der Waals surface area contributed by atoms with Gasteiger partial charge in [-0.1, -0.05) is 13.8 Å². The van der Waals surface area contributed by atoms with Crippen LogP contribution in [0.2, 0.25) is 0 Å². The van der Waals surface area contributed by atoms with E-state index in [1.54, 1.807) is 44.6 Å². The fourth-order valence-electron chi connectivity index (χ4n) is 6.45. The molecule has 0 spiro atoms. The lowest BCUT2D eigenvalue weighted by atomic mass is 9.44. The number of fused-ring (bicyclic) bond motifs is 4. The maximum absolute atomic E-state index is 13.4. The van der Waals surface area contributed by atoms with Crippen LogP contribution in [0.1, 0.15) is 58.9 Å². The zero-order valence-corrected chi connectivity index (χ0v) is 21.1. The third-order valence-corrected chi connectivity index (χ3v) is 8.80. The molecule has 2 aromatic rings. The molecule has 0 bridgehead atoms. The molecule has 0 unspecified atom stereocenters. The summed E-state index contributed by atoms with van der Waals surface area (Å²) in [6, 6.07) is 6.96. The first-order valence-corrected chi connectivity index (χ1v) is 12.0. The Morgan fingerprint density at radius 1 is 0.943 bits per heavy atom. The highest BCUT2D eigenvalue weighted by Crippen LogP contribution is 2.64. The summed E-state index contributed by atoms with van der Waals surface area (Å²) < 4.78 is 22.9. The number of ether oxygens (including phenoxy) is 3. The van der Waals surface area contributed by atoms with E-state index in [1.165, 1.54) is 0 Å². The molecule has 0 saturated heterocycles. The molecule has 1 N–H and O–H groups in total. The van der Waals surface area contributed by atoms with Crippen molar-refractivity contribution in [1.82, 2.24) is 0 Å². The Labute approximate surface area is 204 Å². The van der Waals surface area contributed by atoms with Gasteiger partial charge < -0.3 is 23.7 Å². The van der Waals surface area contributed by atoms with Gasteiger partial charge in [-0.15, -0.1) is 0 Å². The maximum atomic E-state index is 13.4. The monoisotopic (exact) mass is 480 g/mol. The van der Waals surface area contributed by atoms with Crippen LogP contribution in [-0.4, -0.2) is 36.3 Å². The second-order valence-electron chi connectivity index (χ2n) is 10.9. The average Bonchev–Trinajstić information content (AvgIpc) is 2.82. The van der Waals surface area contributed by atoms with Gasteiger partial charge in [-0.2, -0.15) is 0 Å². The second-order valence-corrected chi connectivity index (χ2v) is 10.9. The summed E-state index contributed by atoms with van der Waals surface area (Å²) in [4.78, 5) is 26.6. The van der Waals surface area contributed by atoms with Crippen LogP contribution < -0.4 is 19.8 Å². The van der Waals surface area contributed by atoms with Gasteiger partial charge in [-0.3, -0.25) is 4.79 Å². The van der Waals surface area contributed by atoms with E-state index in [0.717, 1.165) is 0 Å². The van der Waals surface area contributed by atoms with E-state index >= 15 is 0 Å². The first-order chi connectivity index (χ1) is 16.4. The van der Waals surface area contributed by atoms with Crippen LogP contribution in [0, 0.1) is 10.8 Å². The minimum absolute atomic E-state index is 0.0186. The molecule has 2 fully saturated rings. The number of methoxy groups -OCH3 is 2. The van der Waals surface area contributed by atoms with Gasteiger partial charge in [0.2, 0.25) is 0 Å². The summed E-state index contributed by atoms with van der Waals surface area (Å²) in [5.74, 6) is 1.79. The lowest BCUT2D eigenvalue weighted by Gasteiger charge is -2.63. The quantitative estimate of drug-likeness (QED) is 0.676. The highest BCUT2D eigenvalue weighted by molar-refractivity contribution is 5.93. The highest BCUT2D eigenvalue weighted by Gasteiger charge is 2.69. The molecule has 1 aliphatic heterocycles. The molecule has 0 radical (unpaired) electrons. The van der Waals surface area contributed by atoms with E-state index in [4.69, 9.17) is 18.6 Å². The van der Waals surface area contributed by atoms with Crippen molar-refractivity contribution in [2.75, 3.05) is 14.2 Å². The fraction of sp³-hybridized carbons (Fsp3) is 0.500. The molecule has 2 saturated carbocycles. The van der Waals surface area contributed by atoms with Gasteiger partial charge in [0, 0.05) is 18.1 Å². The Morgan fingerprint density at radius 2 is 1.66 bits per heavy atom. The summed E-state index contributed by atoms with van der Waals surface area (Å²) in [7, 11) is 3.10. The molecule has 7 heteroatoms. The van der Waals surface area contributed by atoms with Gasteiger partial charge in [-0.05, 0) is 68.4 Å². The Hall–Kier alpha value is -3.06. The first kappa shape index (κ1) is 23.7. The molecule has 1 aromatic heterocycles. The smallest absolute Gasteiger partial charge is 0.347 e. The Balaban J connectivity index is 1.66. The molecular formula is C28H32O7. The Bertz CT molecular complexity index is 1320. The van der Waals surface area contributed by atoms with Crippen LogP contribution in [0.15, 0.2) is 39.1 Å². The van der Waals surface area contributed by atoms with Gasteiger partial charge in [-0.25, -0.2) is 4.79 Å². The predicted molar refractivity (Wildman–Crippen MR) is 131 cm³/mol. The number of hydrogen-bond acceptors (Lipinski definition) is 7. The Kier molecular flexibility index (Phi) is 5.05. The summed E-state index contributed by atoms with van der Waals surface area (Å²) in [5.41, 5.74) is -2.71. The van der Waals surface area contributed by atoms with Gasteiger partial charge >= 0.3 is 5.63 Å². The first-order valence-electron chi connectivity index (χ1n) is 12.0. The topological polar surface area (TPSA) is 95.2 Å². The SMILES string of the molecule is COc1ccc(-c2cc3c(c(=O)o2)C=C2[C@@]4(C)C(=O)CCC(C)(C)[C@@]4(O)CC[C@@]2(C)O3)cc1OC. The molecule has 1 aromatic carbocycles. The average molecular weight is 481 g/mol. The van der Waals surface area contributed by atoms with Crippen molar-refractivity contribution in [2.45, 2.75) is 64.6 Å². The van der Waals surface area contributed by atoms with E-state index < -0.39 is 27.7 Å². The summed E-state index contributed by atoms with van der Waals surface area (Å²) >= 11 is 0. The predicted octanol–water partition coefficient (Wildman–Crippen LogP) is 4.78. The molecular weight excluding hydrogens is 448 g/mol. The highest BCUT2D eigenvalue weighted by atomic mass is 16.5. The van der Waals surface area contributed by atoms with Gasteiger partial charge in [0.05, 0.1) is 25.2 Å². The van der Waals surface area contributed by atoms with Crippen LogP contribution in [-0.2, 0) is 4.79 Å². The second kappa shape index (κ2) is 7.47. The number of aliphatic hydroxyl groups is 1. The molecule has 3 aliphatic rings. The molecule has 186 valence electrons. The standard InChI is InChI=1S/C28H32O7/c1-25(2)10-9-23(29)27(4)22-14-17-20(35-26(22,3)11-12-28(25,27)31)15-19(34-24(17)30)16-7-8-18(32-5)21(13-16)33-6/h7-8,13-15,31H,9-12H2,1-6H3/t26-,27+,28+/m1/s1. The van der Waals surface area contributed by atoms with Gasteiger partial charge in [0.1, 0.15) is 28.5 Å².